The Morgan fingerprint density at radius 3 is 2.56 bits per heavy atom. The lowest BCUT2D eigenvalue weighted by atomic mass is 10.3. The topological polar surface area (TPSA) is 97.4 Å². The number of methoxy groups -OCH3 is 1. The summed E-state index contributed by atoms with van der Waals surface area (Å²) in [5.74, 6) is 0.127. The Balaban J connectivity index is 1.60. The first-order chi connectivity index (χ1) is 12.9. The van der Waals surface area contributed by atoms with Crippen LogP contribution in [0.1, 0.15) is 11.9 Å². The summed E-state index contributed by atoms with van der Waals surface area (Å²) < 4.78 is 33.2. The van der Waals surface area contributed by atoms with E-state index in [2.05, 4.69) is 15.0 Å². The number of aromatic nitrogens is 1. The predicted molar refractivity (Wildman–Crippen MR) is 104 cm³/mol. The van der Waals surface area contributed by atoms with Crippen LogP contribution in [0.4, 0.5) is 0 Å². The third-order valence-corrected chi connectivity index (χ3v) is 6.44. The average molecular weight is 406 g/mol. The van der Waals surface area contributed by atoms with Gasteiger partial charge in [0.1, 0.15) is 10.8 Å². The number of rotatable bonds is 7. The van der Waals surface area contributed by atoms with E-state index in [-0.39, 0.29) is 11.4 Å². The van der Waals surface area contributed by atoms with Gasteiger partial charge in [0.2, 0.25) is 15.9 Å². The molecule has 1 atom stereocenters. The molecule has 1 heterocycles. The zero-order valence-electron chi connectivity index (χ0n) is 14.8. The molecule has 0 bridgehead atoms. The summed E-state index contributed by atoms with van der Waals surface area (Å²) in [5, 5.41) is 3.47. The van der Waals surface area contributed by atoms with Crippen LogP contribution in [0.2, 0.25) is 0 Å². The molecule has 0 radical (unpaired) electrons. The zero-order chi connectivity index (χ0) is 19.4. The summed E-state index contributed by atoms with van der Waals surface area (Å²) in [6, 6.07) is 12.7. The third-order valence-electron chi connectivity index (χ3n) is 3.85. The van der Waals surface area contributed by atoms with Crippen molar-refractivity contribution in [3.05, 3.63) is 53.5 Å². The molecule has 1 aromatic heterocycles. The van der Waals surface area contributed by atoms with Gasteiger partial charge in [-0.2, -0.15) is 4.72 Å². The number of amides is 1. The number of carbonyl (C=O) groups excluding carboxylic acids is 1. The maximum atomic E-state index is 12.4. The van der Waals surface area contributed by atoms with Crippen LogP contribution in [0, 0.1) is 0 Å². The Labute approximate surface area is 161 Å². The normalized spacial score (nSPS) is 12.7. The highest BCUT2D eigenvalue weighted by Gasteiger charge is 2.22. The second kappa shape index (κ2) is 8.03. The van der Waals surface area contributed by atoms with Crippen LogP contribution >= 0.6 is 11.3 Å². The van der Waals surface area contributed by atoms with Gasteiger partial charge in [-0.1, -0.05) is 12.1 Å². The number of nitrogens with zero attached hydrogens (tertiary/aromatic N) is 1. The van der Waals surface area contributed by atoms with Crippen molar-refractivity contribution in [2.24, 2.45) is 0 Å². The molecule has 2 N–H and O–H groups in total. The van der Waals surface area contributed by atoms with Crippen LogP contribution < -0.4 is 14.8 Å². The fraction of sp³-hybridized carbons (Fsp3) is 0.222. The molecule has 27 heavy (non-hydrogen) atoms. The number of ether oxygens (including phenoxy) is 1. The highest BCUT2D eigenvalue weighted by Crippen LogP contribution is 2.21. The number of benzene rings is 2. The molecular weight excluding hydrogens is 386 g/mol. The molecule has 0 fully saturated rings. The van der Waals surface area contributed by atoms with Crippen LogP contribution in [0.5, 0.6) is 5.75 Å². The van der Waals surface area contributed by atoms with Gasteiger partial charge in [0.15, 0.2) is 0 Å². The summed E-state index contributed by atoms with van der Waals surface area (Å²) in [6.07, 6.45) is 0. The fourth-order valence-corrected chi connectivity index (χ4v) is 4.53. The fourth-order valence-electron chi connectivity index (χ4n) is 2.42. The molecule has 3 aromatic rings. The molecule has 2 aromatic carbocycles. The van der Waals surface area contributed by atoms with Gasteiger partial charge in [-0.3, -0.25) is 4.79 Å². The van der Waals surface area contributed by atoms with Crippen molar-refractivity contribution < 1.29 is 17.9 Å². The second-order valence-electron chi connectivity index (χ2n) is 5.81. The lowest BCUT2D eigenvalue weighted by Crippen LogP contribution is -2.44. The SMILES string of the molecule is COc1ccc(S(=O)(=O)NC(C)C(=O)NCc2nc3ccccc3s2)cc1. The summed E-state index contributed by atoms with van der Waals surface area (Å²) in [7, 11) is -2.31. The van der Waals surface area contributed by atoms with E-state index in [4.69, 9.17) is 4.74 Å². The molecular formula is C18H19N3O4S2. The Kier molecular flexibility index (Phi) is 5.73. The molecule has 0 saturated heterocycles. The largest absolute Gasteiger partial charge is 0.497 e. The van der Waals surface area contributed by atoms with Gasteiger partial charge < -0.3 is 10.1 Å². The molecule has 0 aliphatic carbocycles. The molecule has 0 aliphatic rings. The minimum absolute atomic E-state index is 0.0640. The van der Waals surface area contributed by atoms with E-state index in [9.17, 15) is 13.2 Å². The number of hydrogen-bond acceptors (Lipinski definition) is 6. The van der Waals surface area contributed by atoms with Gasteiger partial charge in [0, 0.05) is 0 Å². The van der Waals surface area contributed by atoms with E-state index >= 15 is 0 Å². The van der Waals surface area contributed by atoms with Gasteiger partial charge >= 0.3 is 0 Å². The lowest BCUT2D eigenvalue weighted by molar-refractivity contribution is -0.122. The first kappa shape index (κ1) is 19.3. The molecule has 0 saturated carbocycles. The number of para-hydroxylation sites is 1. The Morgan fingerprint density at radius 2 is 1.89 bits per heavy atom. The van der Waals surface area contributed by atoms with Crippen molar-refractivity contribution in [2.45, 2.75) is 24.4 Å². The number of thiazole rings is 1. The molecule has 142 valence electrons. The first-order valence-corrected chi connectivity index (χ1v) is 10.5. The lowest BCUT2D eigenvalue weighted by Gasteiger charge is -2.14. The maximum absolute atomic E-state index is 12.4. The van der Waals surface area contributed by atoms with Crippen LogP contribution in [-0.2, 0) is 21.4 Å². The number of hydrogen-bond donors (Lipinski definition) is 2. The standard InChI is InChI=1S/C18H19N3O4S2/c1-12(21-27(23,24)14-9-7-13(25-2)8-10-14)18(22)19-11-17-20-15-5-3-4-6-16(15)26-17/h3-10,12,21H,11H2,1-2H3,(H,19,22). The van der Waals surface area contributed by atoms with Crippen LogP contribution in [-0.4, -0.2) is 32.5 Å². The average Bonchev–Trinajstić information content (AvgIpc) is 3.08. The van der Waals surface area contributed by atoms with Crippen LogP contribution in [0.15, 0.2) is 53.4 Å². The van der Waals surface area contributed by atoms with Crippen molar-refractivity contribution in [3.8, 4) is 5.75 Å². The highest BCUT2D eigenvalue weighted by atomic mass is 32.2. The number of nitrogens with one attached hydrogen (secondary N) is 2. The van der Waals surface area contributed by atoms with Crippen LogP contribution in [0.3, 0.4) is 0 Å². The van der Waals surface area contributed by atoms with E-state index in [1.54, 1.807) is 12.1 Å². The van der Waals surface area contributed by atoms with E-state index < -0.39 is 22.0 Å². The number of fused-ring (bicyclic) bond motifs is 1. The van der Waals surface area contributed by atoms with E-state index in [0.29, 0.717) is 5.75 Å². The third kappa shape index (κ3) is 4.62. The van der Waals surface area contributed by atoms with Gasteiger partial charge in [-0.15, -0.1) is 11.3 Å². The van der Waals surface area contributed by atoms with Crippen LogP contribution in [0.25, 0.3) is 10.2 Å². The predicted octanol–water partition coefficient (Wildman–Crippen LogP) is 2.29. The Bertz CT molecular complexity index is 1010. The van der Waals surface area contributed by atoms with E-state index in [1.165, 1.54) is 37.5 Å². The summed E-state index contributed by atoms with van der Waals surface area (Å²) in [4.78, 5) is 16.8. The highest BCUT2D eigenvalue weighted by molar-refractivity contribution is 7.89. The molecule has 1 unspecified atom stereocenters. The molecule has 3 rings (SSSR count). The molecule has 9 heteroatoms. The summed E-state index contributed by atoms with van der Waals surface area (Å²) >= 11 is 1.49. The monoisotopic (exact) mass is 405 g/mol. The van der Waals surface area contributed by atoms with E-state index in [1.807, 2.05) is 24.3 Å². The Morgan fingerprint density at radius 1 is 1.19 bits per heavy atom. The second-order valence-corrected chi connectivity index (χ2v) is 8.64. The van der Waals surface area contributed by atoms with Crippen molar-refractivity contribution in [1.82, 2.24) is 15.0 Å². The quantitative estimate of drug-likeness (QED) is 0.629. The minimum Gasteiger partial charge on any atom is -0.497 e. The first-order valence-electron chi connectivity index (χ1n) is 8.17. The van der Waals surface area contributed by atoms with Crippen molar-refractivity contribution in [1.29, 1.82) is 0 Å². The molecule has 0 spiro atoms. The minimum atomic E-state index is -3.81. The molecule has 0 aliphatic heterocycles. The summed E-state index contributed by atoms with van der Waals surface area (Å²) in [5.41, 5.74) is 0.875. The number of sulfonamides is 1. The zero-order valence-corrected chi connectivity index (χ0v) is 16.4. The molecule has 1 amide bonds. The van der Waals surface area contributed by atoms with Crippen molar-refractivity contribution in [3.63, 3.8) is 0 Å². The van der Waals surface area contributed by atoms with Gasteiger partial charge in [0.05, 0.1) is 34.8 Å². The Hall–Kier alpha value is -2.49. The van der Waals surface area contributed by atoms with Gasteiger partial charge in [-0.25, -0.2) is 13.4 Å². The maximum Gasteiger partial charge on any atom is 0.241 e. The van der Waals surface area contributed by atoms with Crippen molar-refractivity contribution >= 4 is 37.5 Å². The van der Waals surface area contributed by atoms with Crippen molar-refractivity contribution in [2.75, 3.05) is 7.11 Å². The number of carbonyl (C=O) groups is 1. The van der Waals surface area contributed by atoms with Gasteiger partial charge in [-0.05, 0) is 43.3 Å². The van der Waals surface area contributed by atoms with Gasteiger partial charge in [0.25, 0.3) is 0 Å². The van der Waals surface area contributed by atoms with E-state index in [0.717, 1.165) is 15.2 Å². The molecule has 7 nitrogen and oxygen atoms in total. The smallest absolute Gasteiger partial charge is 0.241 e. The summed E-state index contributed by atoms with van der Waals surface area (Å²) in [6.45, 7) is 1.74.